The Kier molecular flexibility index (Phi) is 7.70. The van der Waals surface area contributed by atoms with Gasteiger partial charge in [-0.3, -0.25) is 4.79 Å². The van der Waals surface area contributed by atoms with Crippen LogP contribution in [-0.2, 0) is 17.9 Å². The smallest absolute Gasteiger partial charge is 0.258 e. The van der Waals surface area contributed by atoms with E-state index in [1.165, 1.54) is 0 Å². The van der Waals surface area contributed by atoms with E-state index < -0.39 is 0 Å². The molecule has 34 heavy (non-hydrogen) atoms. The molecule has 0 radical (unpaired) electrons. The highest BCUT2D eigenvalue weighted by molar-refractivity contribution is 6.30. The molecular formula is C27H28ClN3O3. The van der Waals surface area contributed by atoms with Crippen LogP contribution in [0.2, 0.25) is 5.02 Å². The van der Waals surface area contributed by atoms with Gasteiger partial charge in [0.15, 0.2) is 6.61 Å². The Morgan fingerprint density at radius 3 is 2.47 bits per heavy atom. The first kappa shape index (κ1) is 23.6. The predicted octanol–water partition coefficient (Wildman–Crippen LogP) is 5.47. The van der Waals surface area contributed by atoms with Crippen molar-refractivity contribution >= 4 is 28.5 Å². The SMILES string of the molecule is Cc1cccc(C)c1OCCCn1c(CNC(=O)COc2ccc(Cl)cc2)nc2ccccc21. The molecule has 0 saturated carbocycles. The van der Waals surface area contributed by atoms with Crippen molar-refractivity contribution in [1.82, 2.24) is 14.9 Å². The Balaban J connectivity index is 1.35. The first-order valence-corrected chi connectivity index (χ1v) is 11.7. The maximum absolute atomic E-state index is 12.3. The number of rotatable bonds is 10. The van der Waals surface area contributed by atoms with E-state index in [-0.39, 0.29) is 12.5 Å². The second-order valence-corrected chi connectivity index (χ2v) is 8.55. The summed E-state index contributed by atoms with van der Waals surface area (Å²) in [6.45, 7) is 5.68. The molecule has 7 heteroatoms. The van der Waals surface area contributed by atoms with Gasteiger partial charge in [-0.05, 0) is 67.8 Å². The topological polar surface area (TPSA) is 65.4 Å². The molecule has 0 spiro atoms. The lowest BCUT2D eigenvalue weighted by Gasteiger charge is -2.14. The normalized spacial score (nSPS) is 10.9. The minimum atomic E-state index is -0.216. The van der Waals surface area contributed by atoms with Gasteiger partial charge >= 0.3 is 0 Å². The fourth-order valence-electron chi connectivity index (χ4n) is 3.84. The van der Waals surface area contributed by atoms with Gasteiger partial charge in [0.25, 0.3) is 5.91 Å². The fourth-order valence-corrected chi connectivity index (χ4v) is 3.97. The van der Waals surface area contributed by atoms with Gasteiger partial charge in [0.1, 0.15) is 17.3 Å². The summed E-state index contributed by atoms with van der Waals surface area (Å²) in [4.78, 5) is 17.1. The van der Waals surface area contributed by atoms with Crippen molar-refractivity contribution in [3.63, 3.8) is 0 Å². The molecular weight excluding hydrogens is 450 g/mol. The van der Waals surface area contributed by atoms with E-state index in [0.29, 0.717) is 23.9 Å². The number of carbonyl (C=O) groups is 1. The number of nitrogens with zero attached hydrogens (tertiary/aromatic N) is 2. The van der Waals surface area contributed by atoms with E-state index in [4.69, 9.17) is 26.1 Å². The zero-order chi connectivity index (χ0) is 23.9. The molecule has 0 saturated heterocycles. The summed E-state index contributed by atoms with van der Waals surface area (Å²) in [7, 11) is 0. The highest BCUT2D eigenvalue weighted by atomic mass is 35.5. The predicted molar refractivity (Wildman–Crippen MR) is 135 cm³/mol. The molecule has 1 N–H and O–H groups in total. The number of aryl methyl sites for hydroxylation is 3. The molecule has 0 bridgehead atoms. The zero-order valence-corrected chi connectivity index (χ0v) is 20.1. The van der Waals surface area contributed by atoms with Crippen molar-refractivity contribution in [2.24, 2.45) is 0 Å². The van der Waals surface area contributed by atoms with Gasteiger partial charge in [-0.25, -0.2) is 4.98 Å². The van der Waals surface area contributed by atoms with Gasteiger partial charge in [-0.1, -0.05) is 41.9 Å². The van der Waals surface area contributed by atoms with Crippen molar-refractivity contribution < 1.29 is 14.3 Å². The maximum Gasteiger partial charge on any atom is 0.258 e. The Hall–Kier alpha value is -3.51. The van der Waals surface area contributed by atoms with Crippen LogP contribution in [0.25, 0.3) is 11.0 Å². The number of benzene rings is 3. The lowest BCUT2D eigenvalue weighted by atomic mass is 10.1. The van der Waals surface area contributed by atoms with Crippen LogP contribution in [0.3, 0.4) is 0 Å². The summed E-state index contributed by atoms with van der Waals surface area (Å²) in [6, 6.07) is 21.1. The van der Waals surface area contributed by atoms with Gasteiger partial charge < -0.3 is 19.4 Å². The molecule has 0 aliphatic rings. The lowest BCUT2D eigenvalue weighted by Crippen LogP contribution is -2.29. The molecule has 0 aliphatic heterocycles. The number of hydrogen-bond acceptors (Lipinski definition) is 4. The molecule has 0 aliphatic carbocycles. The number of aromatic nitrogens is 2. The van der Waals surface area contributed by atoms with Crippen molar-refractivity contribution in [2.45, 2.75) is 33.4 Å². The van der Waals surface area contributed by atoms with Gasteiger partial charge in [0, 0.05) is 11.6 Å². The van der Waals surface area contributed by atoms with Crippen LogP contribution in [0, 0.1) is 13.8 Å². The Labute approximate surface area is 204 Å². The van der Waals surface area contributed by atoms with Crippen LogP contribution in [0.5, 0.6) is 11.5 Å². The number of fused-ring (bicyclic) bond motifs is 1. The molecule has 176 valence electrons. The molecule has 4 rings (SSSR count). The van der Waals surface area contributed by atoms with E-state index in [9.17, 15) is 4.79 Å². The number of amides is 1. The van der Waals surface area contributed by atoms with Crippen molar-refractivity contribution in [1.29, 1.82) is 0 Å². The Bertz CT molecular complexity index is 1250. The van der Waals surface area contributed by atoms with E-state index >= 15 is 0 Å². The third-order valence-electron chi connectivity index (χ3n) is 5.54. The van der Waals surface area contributed by atoms with Crippen molar-refractivity contribution in [3.05, 3.63) is 88.7 Å². The molecule has 1 heterocycles. The molecule has 4 aromatic rings. The van der Waals surface area contributed by atoms with Crippen LogP contribution >= 0.6 is 11.6 Å². The molecule has 6 nitrogen and oxygen atoms in total. The number of para-hydroxylation sites is 3. The number of hydrogen-bond donors (Lipinski definition) is 1. The summed E-state index contributed by atoms with van der Waals surface area (Å²) in [5, 5.41) is 3.53. The molecule has 1 aromatic heterocycles. The largest absolute Gasteiger partial charge is 0.493 e. The third-order valence-corrected chi connectivity index (χ3v) is 5.79. The first-order chi connectivity index (χ1) is 16.5. The van der Waals surface area contributed by atoms with Gasteiger partial charge in [0.05, 0.1) is 24.2 Å². The summed E-state index contributed by atoms with van der Waals surface area (Å²) in [6.07, 6.45) is 0.814. The lowest BCUT2D eigenvalue weighted by molar-refractivity contribution is -0.123. The quantitative estimate of drug-likeness (QED) is 0.307. The summed E-state index contributed by atoms with van der Waals surface area (Å²) in [5.41, 5.74) is 4.21. The number of nitrogens with one attached hydrogen (secondary N) is 1. The van der Waals surface area contributed by atoms with E-state index in [1.807, 2.05) is 30.3 Å². The van der Waals surface area contributed by atoms with Crippen LogP contribution < -0.4 is 14.8 Å². The molecule has 3 aromatic carbocycles. The average molecular weight is 478 g/mol. The molecule has 0 unspecified atom stereocenters. The standard InChI is InChI=1S/C27H28ClN3O3/c1-19-7-5-8-20(2)27(19)33-16-6-15-31-24-10-4-3-9-23(24)30-25(31)17-29-26(32)18-34-22-13-11-21(28)12-14-22/h3-5,7-14H,6,15-18H2,1-2H3,(H,29,32). The monoisotopic (exact) mass is 477 g/mol. The van der Waals surface area contributed by atoms with E-state index in [1.54, 1.807) is 24.3 Å². The Morgan fingerprint density at radius 1 is 0.971 bits per heavy atom. The van der Waals surface area contributed by atoms with Crippen molar-refractivity contribution in [3.8, 4) is 11.5 Å². The number of ether oxygens (including phenoxy) is 2. The number of carbonyl (C=O) groups excluding carboxylic acids is 1. The van der Waals surface area contributed by atoms with Crippen LogP contribution in [-0.4, -0.2) is 28.7 Å². The minimum Gasteiger partial charge on any atom is -0.493 e. The van der Waals surface area contributed by atoms with Gasteiger partial charge in [-0.15, -0.1) is 0 Å². The second-order valence-electron chi connectivity index (χ2n) is 8.11. The summed E-state index contributed by atoms with van der Waals surface area (Å²) in [5.74, 6) is 2.13. The summed E-state index contributed by atoms with van der Waals surface area (Å²) < 4.78 is 13.7. The van der Waals surface area contributed by atoms with Gasteiger partial charge in [0.2, 0.25) is 0 Å². The van der Waals surface area contributed by atoms with Crippen molar-refractivity contribution in [2.75, 3.05) is 13.2 Å². The molecule has 0 fully saturated rings. The fraction of sp³-hybridized carbons (Fsp3) is 0.259. The summed E-state index contributed by atoms with van der Waals surface area (Å²) >= 11 is 5.88. The third kappa shape index (κ3) is 5.88. The molecule has 1 amide bonds. The zero-order valence-electron chi connectivity index (χ0n) is 19.4. The van der Waals surface area contributed by atoms with E-state index in [2.05, 4.69) is 35.9 Å². The highest BCUT2D eigenvalue weighted by Gasteiger charge is 2.12. The van der Waals surface area contributed by atoms with E-state index in [0.717, 1.165) is 46.7 Å². The Morgan fingerprint density at radius 2 is 1.71 bits per heavy atom. The average Bonchev–Trinajstić information content (AvgIpc) is 3.19. The number of imidazole rings is 1. The molecule has 0 atom stereocenters. The van der Waals surface area contributed by atoms with Crippen LogP contribution in [0.15, 0.2) is 66.7 Å². The minimum absolute atomic E-state index is 0.0779. The van der Waals surface area contributed by atoms with Crippen LogP contribution in [0.1, 0.15) is 23.4 Å². The number of halogens is 1. The van der Waals surface area contributed by atoms with Crippen LogP contribution in [0.4, 0.5) is 0 Å². The maximum atomic E-state index is 12.3. The van der Waals surface area contributed by atoms with Gasteiger partial charge in [-0.2, -0.15) is 0 Å². The highest BCUT2D eigenvalue weighted by Crippen LogP contribution is 2.23. The second kappa shape index (κ2) is 11.1. The first-order valence-electron chi connectivity index (χ1n) is 11.3.